The number of carbonyl (C=O) groups is 2. The minimum absolute atomic E-state index is 0.0366. The fourth-order valence-corrected chi connectivity index (χ4v) is 3.43. The van der Waals surface area contributed by atoms with Crippen LogP contribution in [0, 0.1) is 0 Å². The van der Waals surface area contributed by atoms with E-state index in [1.807, 2.05) is 0 Å². The van der Waals surface area contributed by atoms with Crippen molar-refractivity contribution in [3.8, 4) is 0 Å². The maximum atomic E-state index is 11.4. The van der Waals surface area contributed by atoms with E-state index in [-0.39, 0.29) is 29.6 Å². The number of nitrogens with two attached hydrogens (primary N) is 1. The van der Waals surface area contributed by atoms with Crippen molar-refractivity contribution in [3.63, 3.8) is 0 Å². The van der Waals surface area contributed by atoms with Gasteiger partial charge >= 0.3 is 15.6 Å². The van der Waals surface area contributed by atoms with E-state index in [2.05, 4.69) is 23.8 Å². The van der Waals surface area contributed by atoms with Crippen molar-refractivity contribution in [2.75, 3.05) is 12.3 Å². The van der Waals surface area contributed by atoms with Crippen molar-refractivity contribution in [2.24, 2.45) is 0 Å². The Bertz CT molecular complexity index is 928. The highest BCUT2D eigenvalue weighted by molar-refractivity contribution is 7.60. The van der Waals surface area contributed by atoms with E-state index >= 15 is 0 Å². The molecular formula is C10H13N5O10P2. The summed E-state index contributed by atoms with van der Waals surface area (Å²) < 4.78 is 36.1. The number of nitrogen functional groups attached to an aromatic ring is 1. The van der Waals surface area contributed by atoms with Crippen LogP contribution in [0.25, 0.3) is 11.2 Å². The van der Waals surface area contributed by atoms with E-state index in [0.29, 0.717) is 0 Å². The average Bonchev–Trinajstić information content (AvgIpc) is 2.98. The van der Waals surface area contributed by atoms with Crippen molar-refractivity contribution in [3.05, 3.63) is 12.7 Å². The molecular weight excluding hydrogens is 412 g/mol. The monoisotopic (exact) mass is 425 g/mol. The summed E-state index contributed by atoms with van der Waals surface area (Å²) in [6.07, 6.45) is -0.372. The zero-order valence-corrected chi connectivity index (χ0v) is 14.9. The Labute approximate surface area is 150 Å². The minimum Gasteiger partial charge on any atom is -0.382 e. The number of phosphoric ester groups is 1. The summed E-state index contributed by atoms with van der Waals surface area (Å²) in [7, 11) is -10.5. The summed E-state index contributed by atoms with van der Waals surface area (Å²) in [5.74, 6) is 0.0366. The fourth-order valence-electron chi connectivity index (χ4n) is 1.83. The van der Waals surface area contributed by atoms with Gasteiger partial charge in [-0.25, -0.2) is 24.1 Å². The largest absolute Gasteiger partial charge is 0.481 e. The quantitative estimate of drug-likeness (QED) is 0.262. The van der Waals surface area contributed by atoms with E-state index in [0.717, 1.165) is 17.2 Å². The maximum Gasteiger partial charge on any atom is 0.481 e. The Hall–Kier alpha value is -2.09. The molecule has 2 heterocycles. The van der Waals surface area contributed by atoms with Gasteiger partial charge in [0, 0.05) is 0 Å². The Morgan fingerprint density at radius 3 is 2.48 bits per heavy atom. The first-order chi connectivity index (χ1) is 12.6. The van der Waals surface area contributed by atoms with Crippen molar-refractivity contribution >= 4 is 45.2 Å². The number of carbonyl (C=O) groups excluding carboxylic acids is 2. The van der Waals surface area contributed by atoms with E-state index in [1.165, 1.54) is 0 Å². The van der Waals surface area contributed by atoms with Crippen LogP contribution in [0.3, 0.4) is 0 Å². The smallest absolute Gasteiger partial charge is 0.382 e. The van der Waals surface area contributed by atoms with E-state index < -0.39 is 34.6 Å². The number of anilines is 1. The van der Waals surface area contributed by atoms with Crippen LogP contribution in [0.1, 0.15) is 6.23 Å². The third-order valence-electron chi connectivity index (χ3n) is 2.86. The van der Waals surface area contributed by atoms with Gasteiger partial charge in [-0.3, -0.25) is 13.9 Å². The van der Waals surface area contributed by atoms with Gasteiger partial charge in [0.25, 0.3) is 0 Å². The van der Waals surface area contributed by atoms with Gasteiger partial charge in [-0.1, -0.05) is 0 Å². The second kappa shape index (κ2) is 8.29. The molecule has 15 nitrogen and oxygen atoms in total. The number of rotatable bonds is 10. The predicted octanol–water partition coefficient (Wildman–Crippen LogP) is -1.08. The molecule has 2 rings (SSSR count). The summed E-state index contributed by atoms with van der Waals surface area (Å²) >= 11 is 0. The molecule has 0 aliphatic heterocycles. The second-order valence-corrected chi connectivity index (χ2v) is 7.59. The standard InChI is InChI=1S/C10H13N5O10P2/c11-9-8-10(13-4-12-9)15(5-14-8)7(2-17)24-6(1-16)3-23-27(21,22)25-26(18,19)20/h1-2,4-7H,3H2,(H,21,22)(H2,11,12,13)(H2,18,19,20). The lowest BCUT2D eigenvalue weighted by atomic mass is 10.4. The molecule has 0 bridgehead atoms. The molecule has 2 aromatic rings. The van der Waals surface area contributed by atoms with Gasteiger partial charge in [0.2, 0.25) is 0 Å². The highest BCUT2D eigenvalue weighted by Gasteiger charge is 2.33. The molecule has 0 aliphatic carbocycles. The number of hydrogen-bond acceptors (Lipinski definition) is 11. The van der Waals surface area contributed by atoms with Crippen molar-refractivity contribution < 1.29 is 47.0 Å². The molecule has 0 aromatic carbocycles. The van der Waals surface area contributed by atoms with Crippen LogP contribution in [0.4, 0.5) is 5.82 Å². The molecule has 0 fully saturated rings. The minimum atomic E-state index is -5.32. The third-order valence-corrected chi connectivity index (χ3v) is 5.01. The zero-order chi connectivity index (χ0) is 20.2. The lowest BCUT2D eigenvalue weighted by molar-refractivity contribution is -0.139. The van der Waals surface area contributed by atoms with Crippen LogP contribution in [-0.2, 0) is 32.3 Å². The number of nitrogens with zero attached hydrogens (tertiary/aromatic N) is 4. The molecule has 0 saturated carbocycles. The Kier molecular flexibility index (Phi) is 6.51. The average molecular weight is 425 g/mol. The lowest BCUT2D eigenvalue weighted by Gasteiger charge is -2.19. The van der Waals surface area contributed by atoms with Crippen molar-refractivity contribution in [2.45, 2.75) is 12.3 Å². The van der Waals surface area contributed by atoms with Crippen LogP contribution in [0.15, 0.2) is 12.7 Å². The highest BCUT2D eigenvalue weighted by Crippen LogP contribution is 2.57. The topological polar surface area (TPSA) is 226 Å². The molecule has 0 spiro atoms. The van der Waals surface area contributed by atoms with Crippen LogP contribution in [0.5, 0.6) is 0 Å². The van der Waals surface area contributed by atoms with Gasteiger partial charge in [0.1, 0.15) is 17.9 Å². The summed E-state index contributed by atoms with van der Waals surface area (Å²) in [5.41, 5.74) is 5.90. The van der Waals surface area contributed by atoms with Crippen LogP contribution < -0.4 is 5.73 Å². The number of aldehydes is 2. The van der Waals surface area contributed by atoms with Crippen LogP contribution in [-0.4, -0.2) is 59.5 Å². The first kappa shape index (κ1) is 21.2. The number of phosphoric acid groups is 2. The fraction of sp³-hybridized carbons (Fsp3) is 0.300. The van der Waals surface area contributed by atoms with Crippen LogP contribution in [0.2, 0.25) is 0 Å². The molecule has 0 aliphatic rings. The zero-order valence-electron chi connectivity index (χ0n) is 13.1. The summed E-state index contributed by atoms with van der Waals surface area (Å²) in [6, 6.07) is 0. The lowest BCUT2D eigenvalue weighted by Crippen LogP contribution is -2.27. The predicted molar refractivity (Wildman–Crippen MR) is 84.7 cm³/mol. The first-order valence-electron chi connectivity index (χ1n) is 6.79. The normalized spacial score (nSPS) is 16.6. The molecule has 17 heteroatoms. The second-order valence-electron chi connectivity index (χ2n) is 4.76. The van der Waals surface area contributed by atoms with Crippen LogP contribution >= 0.6 is 15.6 Å². The van der Waals surface area contributed by atoms with Gasteiger partial charge in [0.15, 0.2) is 30.3 Å². The maximum absolute atomic E-state index is 11.4. The summed E-state index contributed by atoms with van der Waals surface area (Å²) in [5, 5.41) is 0. The van der Waals surface area contributed by atoms with Gasteiger partial charge in [-0.05, 0) is 0 Å². The van der Waals surface area contributed by atoms with Gasteiger partial charge in [-0.2, -0.15) is 4.31 Å². The first-order valence-corrected chi connectivity index (χ1v) is 9.82. The van der Waals surface area contributed by atoms with Crippen molar-refractivity contribution in [1.29, 1.82) is 0 Å². The number of imidazole rings is 1. The van der Waals surface area contributed by atoms with E-state index in [1.54, 1.807) is 0 Å². The van der Waals surface area contributed by atoms with E-state index in [9.17, 15) is 23.6 Å². The van der Waals surface area contributed by atoms with Gasteiger partial charge < -0.3 is 29.9 Å². The summed E-state index contributed by atoms with van der Waals surface area (Å²) in [6.45, 7) is -0.953. The van der Waals surface area contributed by atoms with Crippen molar-refractivity contribution in [1.82, 2.24) is 19.5 Å². The number of hydrogen-bond donors (Lipinski definition) is 4. The molecule has 5 N–H and O–H groups in total. The molecule has 3 unspecified atom stereocenters. The Morgan fingerprint density at radius 2 is 1.89 bits per heavy atom. The summed E-state index contributed by atoms with van der Waals surface area (Å²) in [4.78, 5) is 60.1. The van der Waals surface area contributed by atoms with Gasteiger partial charge in [0.05, 0.1) is 12.9 Å². The molecule has 0 radical (unpaired) electrons. The molecule has 0 amide bonds. The Balaban J connectivity index is 2.12. The molecule has 148 valence electrons. The van der Waals surface area contributed by atoms with E-state index in [4.69, 9.17) is 20.3 Å². The molecule has 3 atom stereocenters. The number of ether oxygens (including phenoxy) is 1. The number of fused-ring (bicyclic) bond motifs is 1. The molecule has 2 aromatic heterocycles. The number of aromatic nitrogens is 4. The molecule has 0 saturated heterocycles. The third kappa shape index (κ3) is 5.69. The SMILES string of the molecule is Nc1ncnc2c1ncn2C(C=O)OC(C=O)COP(=O)(O)OP(=O)(O)O. The molecule has 27 heavy (non-hydrogen) atoms. The Morgan fingerprint density at radius 1 is 1.19 bits per heavy atom. The van der Waals surface area contributed by atoms with Gasteiger partial charge in [-0.15, -0.1) is 0 Å². The highest BCUT2D eigenvalue weighted by atomic mass is 31.3.